The summed E-state index contributed by atoms with van der Waals surface area (Å²) in [6.07, 6.45) is 3.77. The number of benzene rings is 2. The van der Waals surface area contributed by atoms with Crippen LogP contribution in [-0.2, 0) is 11.2 Å². The Morgan fingerprint density at radius 3 is 2.69 bits per heavy atom. The fourth-order valence-corrected chi connectivity index (χ4v) is 4.09. The van der Waals surface area contributed by atoms with Gasteiger partial charge < -0.3 is 4.42 Å². The van der Waals surface area contributed by atoms with Crippen molar-refractivity contribution in [2.45, 2.75) is 6.42 Å². The molecule has 0 unspecified atom stereocenters. The molecule has 1 amide bonds. The van der Waals surface area contributed by atoms with E-state index in [2.05, 4.69) is 10.3 Å². The number of nitrogens with one attached hydrogen (secondary N) is 1. The molecule has 0 aliphatic rings. The normalized spacial score (nSPS) is 11.2. The lowest BCUT2D eigenvalue weighted by Crippen LogP contribution is -2.13. The van der Waals surface area contributed by atoms with Gasteiger partial charge in [0.1, 0.15) is 23.2 Å². The van der Waals surface area contributed by atoms with Gasteiger partial charge >= 0.3 is 0 Å². The van der Waals surface area contributed by atoms with Crippen molar-refractivity contribution in [2.75, 3.05) is 5.32 Å². The van der Waals surface area contributed by atoms with Gasteiger partial charge in [0.05, 0.1) is 0 Å². The second-order valence-electron chi connectivity index (χ2n) is 6.77. The number of aromatic nitrogens is 1. The zero-order chi connectivity index (χ0) is 22.5. The Balaban J connectivity index is 1.44. The molecule has 0 aliphatic carbocycles. The number of amides is 1. The number of hydrogen-bond donors (Lipinski definition) is 1. The fraction of sp³-hybridized carbons (Fsp3) is 0.0417. The molecule has 0 saturated carbocycles. The van der Waals surface area contributed by atoms with Crippen LogP contribution in [0.4, 0.5) is 5.13 Å². The maximum Gasteiger partial charge on any atom is 0.268 e. The summed E-state index contributed by atoms with van der Waals surface area (Å²) in [4.78, 5) is 17.8. The number of carbonyl (C=O) groups is 1. The minimum atomic E-state index is -0.555. The van der Waals surface area contributed by atoms with Crippen LogP contribution < -0.4 is 5.32 Å². The van der Waals surface area contributed by atoms with E-state index >= 15 is 0 Å². The summed E-state index contributed by atoms with van der Waals surface area (Å²) in [6.45, 7) is 0. The molecule has 2 aromatic heterocycles. The SMILES string of the molecule is N#CC(=Cc1ccc(-c2cccc(Cl)c2)o1)C(=O)Nc1ncc(Cc2ccc(Cl)cc2)s1. The van der Waals surface area contributed by atoms with Crippen molar-refractivity contribution < 1.29 is 9.21 Å². The Bertz CT molecular complexity index is 1330. The monoisotopic (exact) mass is 479 g/mol. The first-order chi connectivity index (χ1) is 15.5. The quantitative estimate of drug-likeness (QED) is 0.242. The van der Waals surface area contributed by atoms with Crippen LogP contribution in [0.15, 0.2) is 76.9 Å². The minimum absolute atomic E-state index is 0.0913. The Morgan fingerprint density at radius 2 is 1.94 bits per heavy atom. The smallest absolute Gasteiger partial charge is 0.268 e. The van der Waals surface area contributed by atoms with Gasteiger partial charge in [0, 0.05) is 39.2 Å². The average molecular weight is 480 g/mol. The maximum absolute atomic E-state index is 12.6. The van der Waals surface area contributed by atoms with Crippen LogP contribution >= 0.6 is 34.5 Å². The Labute approximate surface area is 198 Å². The van der Waals surface area contributed by atoms with E-state index < -0.39 is 5.91 Å². The van der Waals surface area contributed by atoms with Crippen molar-refractivity contribution in [1.82, 2.24) is 4.98 Å². The molecule has 4 aromatic rings. The fourth-order valence-electron chi connectivity index (χ4n) is 2.93. The van der Waals surface area contributed by atoms with Gasteiger partial charge in [0.2, 0.25) is 0 Å². The molecular formula is C24H15Cl2N3O2S. The molecule has 2 aromatic carbocycles. The molecule has 0 saturated heterocycles. The standard InChI is InChI=1S/C24H15Cl2N3O2S/c25-18-6-4-15(5-7-18)10-21-14-28-24(32-21)29-23(30)17(13-27)12-20-8-9-22(31-20)16-2-1-3-19(26)11-16/h1-9,11-12,14H,10H2,(H,28,29,30). The highest BCUT2D eigenvalue weighted by Gasteiger charge is 2.14. The zero-order valence-corrected chi connectivity index (χ0v) is 18.8. The first-order valence-corrected chi connectivity index (χ1v) is 11.1. The maximum atomic E-state index is 12.6. The van der Waals surface area contributed by atoms with E-state index in [0.29, 0.717) is 33.1 Å². The summed E-state index contributed by atoms with van der Waals surface area (Å²) >= 11 is 13.3. The van der Waals surface area contributed by atoms with Crippen molar-refractivity contribution in [3.8, 4) is 17.4 Å². The molecule has 0 bridgehead atoms. The summed E-state index contributed by atoms with van der Waals surface area (Å²) in [6, 6.07) is 20.1. The number of nitrogens with zero attached hydrogens (tertiary/aromatic N) is 2. The highest BCUT2D eigenvalue weighted by atomic mass is 35.5. The van der Waals surface area contributed by atoms with Crippen molar-refractivity contribution in [2.24, 2.45) is 0 Å². The summed E-state index contributed by atoms with van der Waals surface area (Å²) in [5.41, 5.74) is 1.80. The van der Waals surface area contributed by atoms with Gasteiger partial charge in [-0.1, -0.05) is 47.5 Å². The molecule has 0 spiro atoms. The van der Waals surface area contributed by atoms with Crippen LogP contribution in [0.5, 0.6) is 0 Å². The van der Waals surface area contributed by atoms with E-state index in [1.165, 1.54) is 17.4 Å². The molecule has 8 heteroatoms. The van der Waals surface area contributed by atoms with Gasteiger partial charge in [-0.2, -0.15) is 5.26 Å². The molecular weight excluding hydrogens is 465 g/mol. The number of hydrogen-bond acceptors (Lipinski definition) is 5. The lowest BCUT2D eigenvalue weighted by molar-refractivity contribution is -0.112. The summed E-state index contributed by atoms with van der Waals surface area (Å²) in [5, 5.41) is 13.8. The number of furan rings is 1. The van der Waals surface area contributed by atoms with E-state index in [1.807, 2.05) is 42.5 Å². The van der Waals surface area contributed by atoms with Crippen molar-refractivity contribution in [3.63, 3.8) is 0 Å². The van der Waals surface area contributed by atoms with Crippen molar-refractivity contribution in [1.29, 1.82) is 5.26 Å². The molecule has 5 nitrogen and oxygen atoms in total. The molecule has 32 heavy (non-hydrogen) atoms. The molecule has 1 N–H and O–H groups in total. The summed E-state index contributed by atoms with van der Waals surface area (Å²) in [5.74, 6) is 0.415. The van der Waals surface area contributed by atoms with Crippen LogP contribution in [-0.4, -0.2) is 10.9 Å². The predicted molar refractivity (Wildman–Crippen MR) is 128 cm³/mol. The van der Waals surface area contributed by atoms with Gasteiger partial charge in [0.15, 0.2) is 5.13 Å². The van der Waals surface area contributed by atoms with E-state index in [1.54, 1.807) is 30.5 Å². The lowest BCUT2D eigenvalue weighted by Gasteiger charge is -2.00. The topological polar surface area (TPSA) is 78.9 Å². The Kier molecular flexibility index (Phi) is 6.72. The molecule has 0 fully saturated rings. The lowest BCUT2D eigenvalue weighted by atomic mass is 10.1. The second-order valence-corrected chi connectivity index (χ2v) is 8.76. The second kappa shape index (κ2) is 9.84. The Hall–Kier alpha value is -3.37. The van der Waals surface area contributed by atoms with E-state index in [4.69, 9.17) is 27.6 Å². The summed E-state index contributed by atoms with van der Waals surface area (Å²) < 4.78 is 5.75. The number of thiazole rings is 1. The van der Waals surface area contributed by atoms with Gasteiger partial charge in [-0.25, -0.2) is 4.98 Å². The largest absolute Gasteiger partial charge is 0.457 e. The highest BCUT2D eigenvalue weighted by Crippen LogP contribution is 2.26. The zero-order valence-electron chi connectivity index (χ0n) is 16.5. The molecule has 0 radical (unpaired) electrons. The van der Waals surface area contributed by atoms with E-state index in [0.717, 1.165) is 16.0 Å². The van der Waals surface area contributed by atoms with Crippen LogP contribution in [0.25, 0.3) is 17.4 Å². The van der Waals surface area contributed by atoms with Crippen LogP contribution in [0.1, 0.15) is 16.2 Å². The average Bonchev–Trinajstić information content (AvgIpc) is 3.43. The molecule has 0 atom stereocenters. The predicted octanol–water partition coefficient (Wildman–Crippen LogP) is 6.85. The third kappa shape index (κ3) is 5.45. The number of anilines is 1. The molecule has 0 aliphatic heterocycles. The molecule has 158 valence electrons. The van der Waals surface area contributed by atoms with Gasteiger partial charge in [-0.05, 0) is 42.0 Å². The van der Waals surface area contributed by atoms with Gasteiger partial charge in [0.25, 0.3) is 5.91 Å². The van der Waals surface area contributed by atoms with E-state index in [9.17, 15) is 10.1 Å². The first kappa shape index (κ1) is 21.8. The van der Waals surface area contributed by atoms with Crippen molar-refractivity contribution >= 4 is 51.7 Å². The minimum Gasteiger partial charge on any atom is -0.457 e. The van der Waals surface area contributed by atoms with E-state index in [-0.39, 0.29) is 5.57 Å². The number of rotatable bonds is 6. The molecule has 2 heterocycles. The van der Waals surface area contributed by atoms with Crippen LogP contribution in [0.2, 0.25) is 10.0 Å². The molecule has 4 rings (SSSR count). The third-order valence-electron chi connectivity index (χ3n) is 4.45. The Morgan fingerprint density at radius 1 is 1.12 bits per heavy atom. The number of halogens is 2. The number of nitriles is 1. The van der Waals surface area contributed by atoms with Crippen LogP contribution in [0.3, 0.4) is 0 Å². The summed E-state index contributed by atoms with van der Waals surface area (Å²) in [7, 11) is 0. The number of carbonyl (C=O) groups excluding carboxylic acids is 1. The third-order valence-corrected chi connectivity index (χ3v) is 5.85. The van der Waals surface area contributed by atoms with Gasteiger partial charge in [-0.15, -0.1) is 11.3 Å². The van der Waals surface area contributed by atoms with Crippen molar-refractivity contribution in [3.05, 3.63) is 98.7 Å². The first-order valence-electron chi connectivity index (χ1n) is 9.48. The van der Waals surface area contributed by atoms with Crippen LogP contribution in [0, 0.1) is 11.3 Å². The highest BCUT2D eigenvalue weighted by molar-refractivity contribution is 7.15. The van der Waals surface area contributed by atoms with Gasteiger partial charge in [-0.3, -0.25) is 10.1 Å².